The Labute approximate surface area is 158 Å². The minimum absolute atomic E-state index is 0.0399. The van der Waals surface area contributed by atoms with Crippen molar-refractivity contribution in [2.24, 2.45) is 0 Å². The quantitative estimate of drug-likeness (QED) is 0.792. The molecule has 1 saturated heterocycles. The molecule has 0 bridgehead atoms. The first kappa shape index (κ1) is 18.6. The van der Waals surface area contributed by atoms with Crippen LogP contribution in [0.2, 0.25) is 0 Å². The summed E-state index contributed by atoms with van der Waals surface area (Å²) in [5.74, 6) is 0.855. The second-order valence-corrected chi connectivity index (χ2v) is 7.60. The van der Waals surface area contributed by atoms with Gasteiger partial charge in [0, 0.05) is 37.1 Å². The maximum absolute atomic E-state index is 12.1. The molecule has 0 atom stereocenters. The largest absolute Gasteiger partial charge is 0.497 e. The lowest BCUT2D eigenvalue weighted by atomic mass is 10.0. The number of carbonyl (C=O) groups is 1. The fraction of sp³-hybridized carbons (Fsp3) is 0.400. The molecule has 0 unspecified atom stereocenters. The number of thiazole rings is 1. The minimum Gasteiger partial charge on any atom is -0.497 e. The second-order valence-electron chi connectivity index (χ2n) is 6.54. The van der Waals surface area contributed by atoms with E-state index in [1.165, 1.54) is 5.56 Å². The summed E-state index contributed by atoms with van der Waals surface area (Å²) in [5, 5.41) is 6.06. The number of aromatic nitrogens is 1. The summed E-state index contributed by atoms with van der Waals surface area (Å²) in [6.45, 7) is 4.84. The van der Waals surface area contributed by atoms with Crippen LogP contribution in [0.15, 0.2) is 35.7 Å². The monoisotopic (exact) mass is 371 g/mol. The molecule has 1 aliphatic heterocycles. The first-order valence-corrected chi connectivity index (χ1v) is 9.76. The molecule has 0 spiro atoms. The Hall–Kier alpha value is -2.18. The highest BCUT2D eigenvalue weighted by molar-refractivity contribution is 7.09. The Morgan fingerprint density at radius 2 is 2.23 bits per heavy atom. The van der Waals surface area contributed by atoms with Gasteiger partial charge in [0.15, 0.2) is 0 Å². The molecular formula is C20H25N3O2S. The normalized spacial score (nSPS) is 16.1. The van der Waals surface area contributed by atoms with Gasteiger partial charge in [0.2, 0.25) is 5.91 Å². The van der Waals surface area contributed by atoms with E-state index in [1.54, 1.807) is 30.6 Å². The molecule has 0 aliphatic carbocycles. The lowest BCUT2D eigenvalue weighted by Gasteiger charge is -2.32. The summed E-state index contributed by atoms with van der Waals surface area (Å²) < 4.78 is 5.28. The van der Waals surface area contributed by atoms with Gasteiger partial charge >= 0.3 is 0 Å². The number of hydrogen-bond acceptors (Lipinski definition) is 5. The number of piperidine rings is 1. The summed E-state index contributed by atoms with van der Waals surface area (Å²) in [7, 11) is 1.69. The summed E-state index contributed by atoms with van der Waals surface area (Å²) in [6, 6.07) is 8.44. The molecular weight excluding hydrogens is 346 g/mol. The van der Waals surface area contributed by atoms with Crippen LogP contribution in [0.3, 0.4) is 0 Å². The highest BCUT2D eigenvalue weighted by Crippen LogP contribution is 2.17. The van der Waals surface area contributed by atoms with Crippen molar-refractivity contribution >= 4 is 23.3 Å². The first-order valence-electron chi connectivity index (χ1n) is 8.88. The maximum atomic E-state index is 12.1. The maximum Gasteiger partial charge on any atom is 0.244 e. The molecule has 26 heavy (non-hydrogen) atoms. The van der Waals surface area contributed by atoms with E-state index in [9.17, 15) is 4.79 Å². The van der Waals surface area contributed by atoms with Crippen LogP contribution in [-0.4, -0.2) is 42.0 Å². The topological polar surface area (TPSA) is 54.5 Å². The van der Waals surface area contributed by atoms with Crippen LogP contribution in [0, 0.1) is 6.92 Å². The van der Waals surface area contributed by atoms with Gasteiger partial charge in [-0.25, -0.2) is 4.98 Å². The van der Waals surface area contributed by atoms with E-state index in [-0.39, 0.29) is 11.9 Å². The van der Waals surface area contributed by atoms with Gasteiger partial charge in [0.05, 0.1) is 17.8 Å². The third kappa shape index (κ3) is 5.41. The van der Waals surface area contributed by atoms with Gasteiger partial charge in [-0.05, 0) is 43.5 Å². The Bertz CT molecular complexity index is 764. The number of benzene rings is 1. The van der Waals surface area contributed by atoms with Crippen molar-refractivity contribution in [1.29, 1.82) is 0 Å². The Balaban J connectivity index is 1.43. The van der Waals surface area contributed by atoms with Crippen molar-refractivity contribution in [3.8, 4) is 5.75 Å². The number of carbonyl (C=O) groups excluding carboxylic acids is 1. The summed E-state index contributed by atoms with van der Waals surface area (Å²) in [5.41, 5.74) is 2.10. The van der Waals surface area contributed by atoms with E-state index in [0.29, 0.717) is 0 Å². The van der Waals surface area contributed by atoms with Gasteiger partial charge in [0.1, 0.15) is 5.75 Å². The molecule has 6 heteroatoms. The summed E-state index contributed by atoms with van der Waals surface area (Å²) >= 11 is 1.59. The van der Waals surface area contributed by atoms with Crippen LogP contribution in [0.25, 0.3) is 6.08 Å². The predicted molar refractivity (Wildman–Crippen MR) is 105 cm³/mol. The lowest BCUT2D eigenvalue weighted by molar-refractivity contribution is -0.117. The fourth-order valence-electron chi connectivity index (χ4n) is 3.13. The molecule has 0 saturated carbocycles. The van der Waals surface area contributed by atoms with E-state index in [2.05, 4.69) is 27.3 Å². The van der Waals surface area contributed by atoms with Crippen LogP contribution in [0.4, 0.5) is 0 Å². The van der Waals surface area contributed by atoms with E-state index in [1.807, 2.05) is 24.4 Å². The number of methoxy groups -OCH3 is 1. The van der Waals surface area contributed by atoms with Gasteiger partial charge in [-0.1, -0.05) is 12.1 Å². The van der Waals surface area contributed by atoms with Crippen molar-refractivity contribution in [2.75, 3.05) is 20.2 Å². The number of likely N-dealkylation sites (tertiary alicyclic amines) is 1. The molecule has 1 fully saturated rings. The molecule has 0 radical (unpaired) electrons. The molecule has 1 N–H and O–H groups in total. The Morgan fingerprint density at radius 3 is 2.92 bits per heavy atom. The second kappa shape index (κ2) is 8.96. The molecule has 1 aliphatic rings. The van der Waals surface area contributed by atoms with Crippen molar-refractivity contribution < 1.29 is 9.53 Å². The predicted octanol–water partition coefficient (Wildman–Crippen LogP) is 3.25. The lowest BCUT2D eigenvalue weighted by Crippen LogP contribution is -2.43. The van der Waals surface area contributed by atoms with Gasteiger partial charge in [-0.2, -0.15) is 0 Å². The van der Waals surface area contributed by atoms with Crippen LogP contribution in [0.5, 0.6) is 5.75 Å². The third-order valence-electron chi connectivity index (χ3n) is 4.52. The minimum atomic E-state index is -0.0399. The SMILES string of the molecule is COc1cccc(CN2CCC(NC(=O)/C=C/c3csc(C)n3)CC2)c1. The number of nitrogens with one attached hydrogen (secondary N) is 1. The molecule has 2 aromatic rings. The molecule has 1 aromatic carbocycles. The number of hydrogen-bond donors (Lipinski definition) is 1. The number of nitrogens with zero attached hydrogens (tertiary/aromatic N) is 2. The van der Waals surface area contributed by atoms with E-state index in [0.717, 1.165) is 48.9 Å². The van der Waals surface area contributed by atoms with Crippen molar-refractivity contribution in [1.82, 2.24) is 15.2 Å². The van der Waals surface area contributed by atoms with Crippen molar-refractivity contribution in [3.63, 3.8) is 0 Å². The summed E-state index contributed by atoms with van der Waals surface area (Å²) in [6.07, 6.45) is 5.30. The molecule has 138 valence electrons. The van der Waals surface area contributed by atoms with Crippen molar-refractivity contribution in [3.05, 3.63) is 52.0 Å². The average molecular weight is 372 g/mol. The van der Waals surface area contributed by atoms with Crippen LogP contribution < -0.4 is 10.1 Å². The molecule has 1 amide bonds. The number of rotatable bonds is 6. The number of ether oxygens (including phenoxy) is 1. The number of amides is 1. The third-order valence-corrected chi connectivity index (χ3v) is 5.31. The molecule has 3 rings (SSSR count). The molecule has 5 nitrogen and oxygen atoms in total. The van der Waals surface area contributed by atoms with Crippen LogP contribution >= 0.6 is 11.3 Å². The average Bonchev–Trinajstić information content (AvgIpc) is 3.07. The van der Waals surface area contributed by atoms with Gasteiger partial charge in [-0.3, -0.25) is 9.69 Å². The van der Waals surface area contributed by atoms with Crippen LogP contribution in [-0.2, 0) is 11.3 Å². The van der Waals surface area contributed by atoms with E-state index in [4.69, 9.17) is 4.74 Å². The molecule has 1 aromatic heterocycles. The smallest absolute Gasteiger partial charge is 0.244 e. The number of aryl methyl sites for hydroxylation is 1. The fourth-order valence-corrected chi connectivity index (χ4v) is 3.71. The Morgan fingerprint density at radius 1 is 1.42 bits per heavy atom. The van der Waals surface area contributed by atoms with Gasteiger partial charge in [0.25, 0.3) is 0 Å². The first-order chi connectivity index (χ1) is 12.6. The van der Waals surface area contributed by atoms with Crippen molar-refractivity contribution in [2.45, 2.75) is 32.4 Å². The van der Waals surface area contributed by atoms with Crippen LogP contribution in [0.1, 0.15) is 29.1 Å². The molecule has 2 heterocycles. The van der Waals surface area contributed by atoms with E-state index >= 15 is 0 Å². The van der Waals surface area contributed by atoms with E-state index < -0.39 is 0 Å². The zero-order valence-electron chi connectivity index (χ0n) is 15.3. The highest BCUT2D eigenvalue weighted by Gasteiger charge is 2.20. The zero-order valence-corrected chi connectivity index (χ0v) is 16.1. The highest BCUT2D eigenvalue weighted by atomic mass is 32.1. The summed E-state index contributed by atoms with van der Waals surface area (Å²) in [4.78, 5) is 18.8. The Kier molecular flexibility index (Phi) is 6.41. The van der Waals surface area contributed by atoms with Gasteiger partial charge < -0.3 is 10.1 Å². The zero-order chi connectivity index (χ0) is 18.4. The van der Waals surface area contributed by atoms with Gasteiger partial charge in [-0.15, -0.1) is 11.3 Å². The standard InChI is InChI=1S/C20H25N3O2S/c1-15-21-18(14-26-15)6-7-20(24)22-17-8-10-23(11-9-17)13-16-4-3-5-19(12-16)25-2/h3-7,12,14,17H,8-11,13H2,1-2H3,(H,22,24)/b7-6+.